The summed E-state index contributed by atoms with van der Waals surface area (Å²) in [5, 5.41) is 2.84. The average molecular weight is 283 g/mol. The predicted octanol–water partition coefficient (Wildman–Crippen LogP) is 1.23. The second-order valence-electron chi connectivity index (χ2n) is 6.32. The molecule has 1 saturated heterocycles. The van der Waals surface area contributed by atoms with Gasteiger partial charge in [0.05, 0.1) is 13.1 Å². The number of nitrogens with zero attached hydrogens (tertiary/aromatic N) is 2. The molecule has 1 fully saturated rings. The van der Waals surface area contributed by atoms with Crippen LogP contribution >= 0.6 is 0 Å². The Balaban J connectivity index is 2.46. The van der Waals surface area contributed by atoms with Crippen molar-refractivity contribution >= 4 is 11.8 Å². The lowest BCUT2D eigenvalue weighted by Gasteiger charge is -2.39. The molecule has 5 heteroatoms. The fraction of sp³-hybridized carbons (Fsp3) is 0.867. The van der Waals surface area contributed by atoms with Crippen LogP contribution < -0.4 is 5.32 Å². The highest BCUT2D eigenvalue weighted by Crippen LogP contribution is 2.22. The highest BCUT2D eigenvalue weighted by molar-refractivity contribution is 5.81. The first-order valence-electron chi connectivity index (χ1n) is 7.60. The molecule has 2 atom stereocenters. The minimum Gasteiger partial charge on any atom is -0.353 e. The monoisotopic (exact) mass is 283 g/mol. The summed E-state index contributed by atoms with van der Waals surface area (Å²) in [4.78, 5) is 27.8. The third-order valence-electron chi connectivity index (χ3n) is 3.75. The average Bonchev–Trinajstić information content (AvgIpc) is 2.26. The molecular formula is C15H29N3O2. The molecule has 2 amide bonds. The van der Waals surface area contributed by atoms with Gasteiger partial charge in [0.25, 0.3) is 0 Å². The van der Waals surface area contributed by atoms with Crippen molar-refractivity contribution in [2.75, 3.05) is 20.1 Å². The normalized spacial score (nSPS) is 23.2. The number of carbonyl (C=O) groups excluding carboxylic acids is 2. The minimum atomic E-state index is -0.0324. The quantitative estimate of drug-likeness (QED) is 0.826. The van der Waals surface area contributed by atoms with E-state index in [9.17, 15) is 9.59 Å². The molecule has 0 aromatic rings. The van der Waals surface area contributed by atoms with Crippen molar-refractivity contribution in [2.24, 2.45) is 0 Å². The number of hydrogen-bond donors (Lipinski definition) is 1. The molecule has 116 valence electrons. The highest BCUT2D eigenvalue weighted by atomic mass is 16.2. The van der Waals surface area contributed by atoms with E-state index in [-0.39, 0.29) is 24.4 Å². The van der Waals surface area contributed by atoms with Gasteiger partial charge in [0, 0.05) is 18.1 Å². The Kier molecular flexibility index (Phi) is 6.46. The molecule has 1 heterocycles. The zero-order valence-electron chi connectivity index (χ0n) is 13.5. The zero-order valence-corrected chi connectivity index (χ0v) is 13.5. The molecule has 0 unspecified atom stereocenters. The summed E-state index contributed by atoms with van der Waals surface area (Å²) in [6, 6.07) is 0.752. The van der Waals surface area contributed by atoms with Crippen molar-refractivity contribution in [1.82, 2.24) is 15.1 Å². The van der Waals surface area contributed by atoms with Gasteiger partial charge in [-0.3, -0.25) is 14.5 Å². The summed E-state index contributed by atoms with van der Waals surface area (Å²) >= 11 is 0. The van der Waals surface area contributed by atoms with E-state index in [4.69, 9.17) is 0 Å². The van der Waals surface area contributed by atoms with Crippen LogP contribution in [0.15, 0.2) is 0 Å². The summed E-state index contributed by atoms with van der Waals surface area (Å²) in [7, 11) is 1.82. The van der Waals surface area contributed by atoms with E-state index in [1.54, 1.807) is 4.90 Å². The third kappa shape index (κ3) is 5.12. The van der Waals surface area contributed by atoms with Gasteiger partial charge in [-0.2, -0.15) is 0 Å². The van der Waals surface area contributed by atoms with Crippen molar-refractivity contribution in [3.05, 3.63) is 0 Å². The summed E-state index contributed by atoms with van der Waals surface area (Å²) in [5.41, 5.74) is 0. The second-order valence-corrected chi connectivity index (χ2v) is 6.32. The number of likely N-dealkylation sites (tertiary alicyclic amines) is 1. The van der Waals surface area contributed by atoms with E-state index in [2.05, 4.69) is 19.2 Å². The van der Waals surface area contributed by atoms with E-state index < -0.39 is 0 Å². The molecule has 0 aromatic heterocycles. The molecule has 1 aliphatic heterocycles. The van der Waals surface area contributed by atoms with Crippen LogP contribution in [0.25, 0.3) is 0 Å². The number of nitrogens with one attached hydrogen (secondary N) is 1. The Hall–Kier alpha value is -1.10. The number of piperidine rings is 1. The molecule has 0 saturated carbocycles. The van der Waals surface area contributed by atoms with Gasteiger partial charge in [-0.15, -0.1) is 0 Å². The van der Waals surface area contributed by atoms with Gasteiger partial charge in [0.1, 0.15) is 0 Å². The number of rotatable bonds is 5. The van der Waals surface area contributed by atoms with Crippen molar-refractivity contribution < 1.29 is 9.59 Å². The van der Waals surface area contributed by atoms with Crippen LogP contribution in [0.5, 0.6) is 0 Å². The van der Waals surface area contributed by atoms with Crippen LogP contribution in [0.2, 0.25) is 0 Å². The van der Waals surface area contributed by atoms with Crippen molar-refractivity contribution in [2.45, 2.75) is 65.1 Å². The maximum atomic E-state index is 12.4. The molecular weight excluding hydrogens is 254 g/mol. The Morgan fingerprint density at radius 1 is 1.20 bits per heavy atom. The largest absolute Gasteiger partial charge is 0.353 e. The van der Waals surface area contributed by atoms with E-state index in [1.165, 1.54) is 6.42 Å². The van der Waals surface area contributed by atoms with E-state index >= 15 is 0 Å². The first-order chi connectivity index (χ1) is 9.31. The molecule has 1 aliphatic rings. The standard InChI is InChI=1S/C15H29N3O2/c1-11(2)16-14(19)9-17(5)10-15(20)18-12(3)7-6-8-13(18)4/h11-13H,6-10H2,1-5H3,(H,16,19)/t12-,13-/m0/s1. The first kappa shape index (κ1) is 17.0. The van der Waals surface area contributed by atoms with Crippen LogP contribution in [0.3, 0.4) is 0 Å². The fourth-order valence-corrected chi connectivity index (χ4v) is 2.89. The molecule has 1 rings (SSSR count). The van der Waals surface area contributed by atoms with Gasteiger partial charge < -0.3 is 10.2 Å². The number of hydrogen-bond acceptors (Lipinski definition) is 3. The van der Waals surface area contributed by atoms with E-state index in [1.807, 2.05) is 25.8 Å². The van der Waals surface area contributed by atoms with Crippen LogP contribution in [0.1, 0.15) is 47.0 Å². The Labute approximate surface area is 122 Å². The Bertz CT molecular complexity index is 334. The summed E-state index contributed by atoms with van der Waals surface area (Å²) < 4.78 is 0. The molecule has 0 radical (unpaired) electrons. The van der Waals surface area contributed by atoms with Crippen molar-refractivity contribution in [3.63, 3.8) is 0 Å². The smallest absolute Gasteiger partial charge is 0.237 e. The van der Waals surface area contributed by atoms with Crippen molar-refractivity contribution in [3.8, 4) is 0 Å². The molecule has 5 nitrogen and oxygen atoms in total. The van der Waals surface area contributed by atoms with Crippen LogP contribution in [0, 0.1) is 0 Å². The first-order valence-corrected chi connectivity index (χ1v) is 7.60. The maximum Gasteiger partial charge on any atom is 0.237 e. The highest BCUT2D eigenvalue weighted by Gasteiger charge is 2.29. The summed E-state index contributed by atoms with van der Waals surface area (Å²) in [6.45, 7) is 8.65. The molecule has 0 spiro atoms. The lowest BCUT2D eigenvalue weighted by molar-refractivity contribution is -0.138. The van der Waals surface area contributed by atoms with Gasteiger partial charge in [0.15, 0.2) is 0 Å². The van der Waals surface area contributed by atoms with E-state index in [0.717, 1.165) is 12.8 Å². The van der Waals surface area contributed by atoms with E-state index in [0.29, 0.717) is 18.6 Å². The second kappa shape index (κ2) is 7.62. The van der Waals surface area contributed by atoms with Gasteiger partial charge in [-0.25, -0.2) is 0 Å². The van der Waals surface area contributed by atoms with Crippen LogP contribution in [-0.2, 0) is 9.59 Å². The molecule has 1 N–H and O–H groups in total. The SMILES string of the molecule is CC(C)NC(=O)CN(C)CC(=O)N1[C@@H](C)CCC[C@@H]1C. The topological polar surface area (TPSA) is 52.7 Å². The lowest BCUT2D eigenvalue weighted by atomic mass is 9.97. The van der Waals surface area contributed by atoms with Crippen LogP contribution in [-0.4, -0.2) is 59.9 Å². The molecule has 0 aromatic carbocycles. The van der Waals surface area contributed by atoms with Crippen LogP contribution in [0.4, 0.5) is 0 Å². The number of carbonyl (C=O) groups is 2. The number of likely N-dealkylation sites (N-methyl/N-ethyl adjacent to an activating group) is 1. The Morgan fingerprint density at radius 3 is 2.25 bits per heavy atom. The fourth-order valence-electron chi connectivity index (χ4n) is 2.89. The lowest BCUT2D eigenvalue weighted by Crippen LogP contribution is -2.51. The predicted molar refractivity (Wildman–Crippen MR) is 80.4 cm³/mol. The van der Waals surface area contributed by atoms with Gasteiger partial charge in [0.2, 0.25) is 11.8 Å². The molecule has 0 aliphatic carbocycles. The maximum absolute atomic E-state index is 12.4. The molecule has 0 bridgehead atoms. The third-order valence-corrected chi connectivity index (χ3v) is 3.75. The Morgan fingerprint density at radius 2 is 1.75 bits per heavy atom. The summed E-state index contributed by atoms with van der Waals surface area (Å²) in [6.07, 6.45) is 3.35. The number of amides is 2. The molecule has 20 heavy (non-hydrogen) atoms. The zero-order chi connectivity index (χ0) is 15.3. The minimum absolute atomic E-state index is 0.0324. The van der Waals surface area contributed by atoms with Gasteiger partial charge in [-0.05, 0) is 54.0 Å². The summed E-state index contributed by atoms with van der Waals surface area (Å²) in [5.74, 6) is 0.0968. The van der Waals surface area contributed by atoms with Crippen molar-refractivity contribution in [1.29, 1.82) is 0 Å². The van der Waals surface area contributed by atoms with Gasteiger partial charge >= 0.3 is 0 Å². The van der Waals surface area contributed by atoms with Gasteiger partial charge in [-0.1, -0.05) is 0 Å².